The summed E-state index contributed by atoms with van der Waals surface area (Å²) in [5.41, 5.74) is 1.78. The van der Waals surface area contributed by atoms with Crippen molar-refractivity contribution in [1.82, 2.24) is 15.5 Å². The molecule has 0 aliphatic rings. The lowest BCUT2D eigenvalue weighted by atomic mass is 10.1. The number of benzene rings is 2. The Kier molecular flexibility index (Phi) is 7.15. The van der Waals surface area contributed by atoms with Crippen molar-refractivity contribution in [3.05, 3.63) is 72.8 Å². The molecule has 1 heterocycles. The van der Waals surface area contributed by atoms with Crippen molar-refractivity contribution < 1.29 is 14.6 Å². The minimum atomic E-state index is -0.641. The maximum atomic E-state index is 9.98. The third-order valence-corrected chi connectivity index (χ3v) is 3.80. The van der Waals surface area contributed by atoms with Crippen LogP contribution in [-0.4, -0.2) is 47.7 Å². The molecule has 2 aromatic carbocycles. The summed E-state index contributed by atoms with van der Waals surface area (Å²) in [5.74, 6) is 1.22. The highest BCUT2D eigenvalue weighted by Gasteiger charge is 2.07. The fourth-order valence-corrected chi connectivity index (χ4v) is 2.43. The van der Waals surface area contributed by atoms with E-state index in [1.54, 1.807) is 6.07 Å². The smallest absolute Gasteiger partial charge is 0.233 e. The molecule has 0 fully saturated rings. The quantitative estimate of drug-likeness (QED) is 0.538. The van der Waals surface area contributed by atoms with Crippen molar-refractivity contribution in [3.8, 4) is 22.9 Å². The Morgan fingerprint density at radius 3 is 2.30 bits per heavy atom. The normalized spacial score (nSPS) is 11.7. The summed E-state index contributed by atoms with van der Waals surface area (Å²) < 4.78 is 11.1. The van der Waals surface area contributed by atoms with Gasteiger partial charge in [-0.1, -0.05) is 48.5 Å². The van der Waals surface area contributed by atoms with E-state index >= 15 is 0 Å². The molecule has 3 rings (SSSR count). The molecule has 0 bridgehead atoms. The molecular weight excluding hydrogens is 342 g/mol. The van der Waals surface area contributed by atoms with Crippen molar-refractivity contribution in [2.75, 3.05) is 26.3 Å². The molecule has 0 radical (unpaired) electrons. The van der Waals surface area contributed by atoms with Crippen molar-refractivity contribution in [2.24, 2.45) is 0 Å². The zero-order valence-electron chi connectivity index (χ0n) is 15.0. The van der Waals surface area contributed by atoms with Gasteiger partial charge < -0.3 is 19.9 Å². The van der Waals surface area contributed by atoms with Crippen molar-refractivity contribution in [3.63, 3.8) is 0 Å². The number of nitrogens with one attached hydrogen (secondary N) is 1. The van der Waals surface area contributed by atoms with Crippen LogP contribution < -0.4 is 14.8 Å². The maximum Gasteiger partial charge on any atom is 0.233 e. The lowest BCUT2D eigenvalue weighted by Crippen LogP contribution is -2.33. The van der Waals surface area contributed by atoms with Gasteiger partial charge >= 0.3 is 0 Å². The van der Waals surface area contributed by atoms with Gasteiger partial charge in [-0.15, -0.1) is 10.2 Å². The number of para-hydroxylation sites is 1. The van der Waals surface area contributed by atoms with Gasteiger partial charge in [-0.05, 0) is 18.2 Å². The fraction of sp³-hybridized carbons (Fsp3) is 0.238. The van der Waals surface area contributed by atoms with E-state index in [-0.39, 0.29) is 6.61 Å². The van der Waals surface area contributed by atoms with Crippen LogP contribution in [0.5, 0.6) is 11.6 Å². The molecule has 1 atom stereocenters. The van der Waals surface area contributed by atoms with Crippen LogP contribution in [0.2, 0.25) is 0 Å². The lowest BCUT2D eigenvalue weighted by Gasteiger charge is -2.13. The Morgan fingerprint density at radius 2 is 1.59 bits per heavy atom. The predicted octanol–water partition coefficient (Wildman–Crippen LogP) is 2.55. The summed E-state index contributed by atoms with van der Waals surface area (Å²) in [6.45, 7) is 1.72. The van der Waals surface area contributed by atoms with Crippen LogP contribution in [0.3, 0.4) is 0 Å². The van der Waals surface area contributed by atoms with Crippen molar-refractivity contribution in [1.29, 1.82) is 0 Å². The van der Waals surface area contributed by atoms with Crippen LogP contribution in [0, 0.1) is 0 Å². The second-order valence-electron chi connectivity index (χ2n) is 5.95. The van der Waals surface area contributed by atoms with Gasteiger partial charge in [0, 0.05) is 24.7 Å². The standard InChI is InChI=1S/C21H23N3O3/c25-18(15-22-13-14-26-19-9-5-2-6-10-19)16-27-21-12-11-20(23-24-21)17-7-3-1-4-8-17/h1-12,18,22,25H,13-16H2. The zero-order valence-corrected chi connectivity index (χ0v) is 15.0. The third-order valence-electron chi connectivity index (χ3n) is 3.80. The molecule has 0 aliphatic heterocycles. The van der Waals surface area contributed by atoms with Crippen LogP contribution in [-0.2, 0) is 0 Å². The number of rotatable bonds is 10. The Morgan fingerprint density at radius 1 is 0.852 bits per heavy atom. The van der Waals surface area contributed by atoms with Crippen LogP contribution >= 0.6 is 0 Å². The second-order valence-corrected chi connectivity index (χ2v) is 5.95. The monoisotopic (exact) mass is 365 g/mol. The van der Waals surface area contributed by atoms with Gasteiger partial charge in [-0.2, -0.15) is 0 Å². The van der Waals surface area contributed by atoms with Crippen LogP contribution in [0.1, 0.15) is 0 Å². The van der Waals surface area contributed by atoms with Gasteiger partial charge in [0.25, 0.3) is 0 Å². The average Bonchev–Trinajstić information content (AvgIpc) is 2.74. The van der Waals surface area contributed by atoms with E-state index < -0.39 is 6.10 Å². The fourth-order valence-electron chi connectivity index (χ4n) is 2.43. The molecule has 27 heavy (non-hydrogen) atoms. The third kappa shape index (κ3) is 6.36. The van der Waals surface area contributed by atoms with E-state index in [0.717, 1.165) is 17.0 Å². The molecule has 6 nitrogen and oxygen atoms in total. The van der Waals surface area contributed by atoms with E-state index in [1.165, 1.54) is 0 Å². The minimum absolute atomic E-state index is 0.145. The predicted molar refractivity (Wildman–Crippen MR) is 104 cm³/mol. The molecule has 0 saturated carbocycles. The molecule has 1 aromatic heterocycles. The SMILES string of the molecule is OC(CNCCOc1ccccc1)COc1ccc(-c2ccccc2)nn1. The average molecular weight is 365 g/mol. The molecule has 6 heteroatoms. The molecular formula is C21H23N3O3. The summed E-state index contributed by atoms with van der Waals surface area (Å²) in [5, 5.41) is 21.3. The number of ether oxygens (including phenoxy) is 2. The van der Waals surface area contributed by atoms with Crippen LogP contribution in [0.4, 0.5) is 0 Å². The Balaban J connectivity index is 1.32. The maximum absolute atomic E-state index is 9.98. The number of aliphatic hydroxyl groups is 1. The first-order chi connectivity index (χ1) is 13.3. The number of nitrogens with zero attached hydrogens (tertiary/aromatic N) is 2. The van der Waals surface area contributed by atoms with Gasteiger partial charge in [-0.3, -0.25) is 0 Å². The number of aliphatic hydroxyl groups excluding tert-OH is 1. The van der Waals surface area contributed by atoms with Crippen molar-refractivity contribution in [2.45, 2.75) is 6.10 Å². The molecule has 0 saturated heterocycles. The van der Waals surface area contributed by atoms with E-state index in [2.05, 4.69) is 15.5 Å². The Bertz CT molecular complexity index is 783. The zero-order chi connectivity index (χ0) is 18.7. The highest BCUT2D eigenvalue weighted by Crippen LogP contribution is 2.17. The summed E-state index contributed by atoms with van der Waals surface area (Å²) in [6, 6.07) is 23.0. The molecule has 0 spiro atoms. The molecule has 1 unspecified atom stereocenters. The van der Waals surface area contributed by atoms with E-state index in [9.17, 15) is 5.11 Å². The van der Waals surface area contributed by atoms with Gasteiger partial charge in [-0.25, -0.2) is 0 Å². The second kappa shape index (κ2) is 10.3. The highest BCUT2D eigenvalue weighted by molar-refractivity contribution is 5.58. The summed E-state index contributed by atoms with van der Waals surface area (Å²) >= 11 is 0. The van der Waals surface area contributed by atoms with E-state index in [4.69, 9.17) is 9.47 Å². The Labute approximate surface area is 158 Å². The van der Waals surface area contributed by atoms with Crippen LogP contribution in [0.15, 0.2) is 72.8 Å². The first-order valence-corrected chi connectivity index (χ1v) is 8.90. The van der Waals surface area contributed by atoms with E-state index in [1.807, 2.05) is 66.7 Å². The first kappa shape index (κ1) is 18.8. The lowest BCUT2D eigenvalue weighted by molar-refractivity contribution is 0.102. The van der Waals surface area contributed by atoms with Gasteiger partial charge in [0.15, 0.2) is 0 Å². The first-order valence-electron chi connectivity index (χ1n) is 8.90. The summed E-state index contributed by atoms with van der Waals surface area (Å²) in [7, 11) is 0. The minimum Gasteiger partial charge on any atom is -0.492 e. The highest BCUT2D eigenvalue weighted by atomic mass is 16.5. The van der Waals surface area contributed by atoms with E-state index in [0.29, 0.717) is 25.6 Å². The molecule has 0 aliphatic carbocycles. The summed E-state index contributed by atoms with van der Waals surface area (Å²) in [4.78, 5) is 0. The topological polar surface area (TPSA) is 76.5 Å². The Hall–Kier alpha value is -2.96. The van der Waals surface area contributed by atoms with Gasteiger partial charge in [0.2, 0.25) is 5.88 Å². The summed E-state index contributed by atoms with van der Waals surface area (Å²) in [6.07, 6.45) is -0.641. The van der Waals surface area contributed by atoms with Gasteiger partial charge in [0.1, 0.15) is 25.1 Å². The molecule has 2 N–H and O–H groups in total. The molecule has 3 aromatic rings. The number of hydrogen-bond donors (Lipinski definition) is 2. The molecule has 0 amide bonds. The van der Waals surface area contributed by atoms with Crippen LogP contribution in [0.25, 0.3) is 11.3 Å². The van der Waals surface area contributed by atoms with Crippen molar-refractivity contribution >= 4 is 0 Å². The number of hydrogen-bond acceptors (Lipinski definition) is 6. The van der Waals surface area contributed by atoms with Gasteiger partial charge in [0.05, 0.1) is 5.69 Å². The number of aromatic nitrogens is 2. The molecule has 140 valence electrons. The largest absolute Gasteiger partial charge is 0.492 e.